The van der Waals surface area contributed by atoms with Gasteiger partial charge in [-0.05, 0) is 82.3 Å². The van der Waals surface area contributed by atoms with Gasteiger partial charge in [0.1, 0.15) is 23.3 Å². The highest BCUT2D eigenvalue weighted by atomic mass is 16.5. The Morgan fingerprint density at radius 3 is 2.34 bits per heavy atom. The van der Waals surface area contributed by atoms with Gasteiger partial charge in [0.05, 0.1) is 28.6 Å². The van der Waals surface area contributed by atoms with Gasteiger partial charge in [-0.3, -0.25) is 53.2 Å². The monoisotopic (exact) mass is 888 g/mol. The van der Waals surface area contributed by atoms with Crippen LogP contribution in [0.3, 0.4) is 0 Å². The molecule has 1 saturated carbocycles. The number of rotatable bonds is 18. The molecule has 3 aliphatic heterocycles. The Labute approximate surface area is 376 Å². The lowest BCUT2D eigenvalue weighted by Gasteiger charge is -2.36. The second kappa shape index (κ2) is 20.1. The molecule has 5 amide bonds. The molecule has 4 aromatic rings. The van der Waals surface area contributed by atoms with Crippen molar-refractivity contribution in [3.63, 3.8) is 0 Å². The van der Waals surface area contributed by atoms with Crippen LogP contribution < -0.4 is 31.1 Å². The molecule has 0 spiro atoms. The summed E-state index contributed by atoms with van der Waals surface area (Å²) in [5.41, 5.74) is 2.25. The number of carbonyl (C=O) groups excluding carboxylic acids is 6. The van der Waals surface area contributed by atoms with Crippen molar-refractivity contribution in [1.29, 1.82) is 0 Å². The highest BCUT2D eigenvalue weighted by Crippen LogP contribution is 2.34. The first-order chi connectivity index (χ1) is 31.5. The van der Waals surface area contributed by atoms with Crippen LogP contribution in [0.5, 0.6) is 5.75 Å². The third-order valence-corrected chi connectivity index (χ3v) is 13.0. The number of hydrogen-bond acceptors (Lipinski definition) is 14. The number of imide groups is 2. The van der Waals surface area contributed by atoms with E-state index >= 15 is 0 Å². The average Bonchev–Trinajstić information content (AvgIpc) is 3.91. The maximum atomic E-state index is 13.6. The standard InChI is InChI=1S/C47H56N10O8/c1-29-34-27-50-47(53-42(34)56(31-12-7-8-13-31)45(63)40(29)30(2)58)51-37-18-16-32(26-49-37)55-24-22-54(23-25-55)21-10-6-4-3-5-9-20-48-39(60)28-65-36-15-11-14-33-41(36)46(64)57(44(33)62)35-17-19-38(59)52-43(35)61/h11,14-16,18,26-27,31,35H,3-10,12-13,17,19-25,28H2,1-2H3,(H,48,60)(H,52,59,61)(H,49,50,51,53). The van der Waals surface area contributed by atoms with E-state index in [0.29, 0.717) is 34.9 Å². The number of fused-ring (bicyclic) bond motifs is 2. The fraction of sp³-hybridized carbons (Fsp3) is 0.489. The van der Waals surface area contributed by atoms with E-state index in [2.05, 4.69) is 35.7 Å². The molecule has 1 aliphatic carbocycles. The van der Waals surface area contributed by atoms with Gasteiger partial charge in [0, 0.05) is 56.8 Å². The second-order valence-electron chi connectivity index (χ2n) is 17.3. The number of ether oxygens (including phenoxy) is 1. The number of piperidine rings is 1. The Morgan fingerprint density at radius 1 is 0.862 bits per heavy atom. The number of ketones is 1. The summed E-state index contributed by atoms with van der Waals surface area (Å²) >= 11 is 0. The molecule has 6 heterocycles. The molecule has 8 rings (SSSR count). The fourth-order valence-corrected chi connectivity index (χ4v) is 9.49. The number of pyridine rings is 2. The topological polar surface area (TPSA) is 218 Å². The summed E-state index contributed by atoms with van der Waals surface area (Å²) in [5, 5.41) is 8.95. The number of aromatic nitrogens is 4. The minimum Gasteiger partial charge on any atom is -0.483 e. The third-order valence-electron chi connectivity index (χ3n) is 13.0. The zero-order valence-electron chi connectivity index (χ0n) is 37.0. The molecule has 65 heavy (non-hydrogen) atoms. The molecule has 2 saturated heterocycles. The van der Waals surface area contributed by atoms with Gasteiger partial charge in [0.2, 0.25) is 17.8 Å². The molecule has 18 nitrogen and oxygen atoms in total. The summed E-state index contributed by atoms with van der Waals surface area (Å²) < 4.78 is 7.38. The average molecular weight is 889 g/mol. The number of benzene rings is 1. The van der Waals surface area contributed by atoms with E-state index in [1.165, 1.54) is 19.1 Å². The van der Waals surface area contributed by atoms with Crippen molar-refractivity contribution in [3.05, 3.63) is 75.3 Å². The number of unbranched alkanes of at least 4 members (excludes halogenated alkanes) is 5. The number of hydrogen-bond donors (Lipinski definition) is 3. The maximum absolute atomic E-state index is 13.6. The molecule has 342 valence electrons. The summed E-state index contributed by atoms with van der Waals surface area (Å²) in [6, 6.07) is 7.44. The molecule has 1 aromatic carbocycles. The predicted molar refractivity (Wildman–Crippen MR) is 242 cm³/mol. The molecule has 3 N–H and O–H groups in total. The second-order valence-corrected chi connectivity index (χ2v) is 17.3. The van der Waals surface area contributed by atoms with Crippen LogP contribution in [0, 0.1) is 6.92 Å². The maximum Gasteiger partial charge on any atom is 0.266 e. The normalized spacial score (nSPS) is 18.0. The van der Waals surface area contributed by atoms with Crippen molar-refractivity contribution in [2.75, 3.05) is 56.1 Å². The van der Waals surface area contributed by atoms with Gasteiger partial charge in [-0.15, -0.1) is 0 Å². The summed E-state index contributed by atoms with van der Waals surface area (Å²) in [5.74, 6) is -2.00. The number of amides is 5. The van der Waals surface area contributed by atoms with Crippen LogP contribution in [-0.2, 0) is 14.4 Å². The minimum atomic E-state index is -1.08. The fourth-order valence-electron chi connectivity index (χ4n) is 9.49. The number of anilines is 3. The molecule has 3 aromatic heterocycles. The minimum absolute atomic E-state index is 0.00755. The van der Waals surface area contributed by atoms with Crippen molar-refractivity contribution in [3.8, 4) is 5.75 Å². The van der Waals surface area contributed by atoms with E-state index in [9.17, 15) is 33.6 Å². The first kappa shape index (κ1) is 45.0. The molecule has 18 heteroatoms. The van der Waals surface area contributed by atoms with Gasteiger partial charge in [0.25, 0.3) is 23.3 Å². The molecule has 4 aliphatic rings. The molecule has 1 atom stereocenters. The van der Waals surface area contributed by atoms with E-state index in [1.54, 1.807) is 23.8 Å². The Kier molecular flexibility index (Phi) is 13.9. The highest BCUT2D eigenvalue weighted by Gasteiger charge is 2.46. The van der Waals surface area contributed by atoms with Crippen LogP contribution in [0.25, 0.3) is 11.0 Å². The van der Waals surface area contributed by atoms with E-state index in [0.717, 1.165) is 108 Å². The van der Waals surface area contributed by atoms with E-state index < -0.39 is 29.7 Å². The lowest BCUT2D eigenvalue weighted by Crippen LogP contribution is -2.54. The smallest absolute Gasteiger partial charge is 0.266 e. The molecular weight excluding hydrogens is 833 g/mol. The van der Waals surface area contributed by atoms with Gasteiger partial charge < -0.3 is 20.3 Å². The largest absolute Gasteiger partial charge is 0.483 e. The third kappa shape index (κ3) is 9.91. The number of aryl methyl sites for hydroxylation is 1. The summed E-state index contributed by atoms with van der Waals surface area (Å²) in [6.45, 7) is 8.23. The van der Waals surface area contributed by atoms with Crippen LogP contribution in [-0.4, -0.2) is 117 Å². The van der Waals surface area contributed by atoms with Gasteiger partial charge >= 0.3 is 0 Å². The number of nitrogens with zero attached hydrogens (tertiary/aromatic N) is 7. The van der Waals surface area contributed by atoms with Crippen LogP contribution >= 0.6 is 0 Å². The van der Waals surface area contributed by atoms with Gasteiger partial charge in [-0.25, -0.2) is 9.97 Å². The quantitative estimate of drug-likeness (QED) is 0.0706. The Bertz CT molecular complexity index is 2550. The number of carbonyl (C=O) groups is 6. The Balaban J connectivity index is 0.702. The lowest BCUT2D eigenvalue weighted by atomic mass is 10.0. The SMILES string of the molecule is CC(=O)c1c(C)c2cnc(Nc3ccc(N4CCN(CCCCCCCCNC(=O)COc5cccc6c5C(=O)N(C5CCC(=O)NC5=O)C6=O)CC4)cn3)nc2n(C2CCCC2)c1=O. The first-order valence-corrected chi connectivity index (χ1v) is 22.9. The van der Waals surface area contributed by atoms with Gasteiger partial charge in [0.15, 0.2) is 12.4 Å². The predicted octanol–water partition coefficient (Wildman–Crippen LogP) is 4.62. The molecular formula is C47H56N10O8. The Hall–Kier alpha value is -6.56. The molecule has 0 bridgehead atoms. The van der Waals surface area contributed by atoms with Crippen molar-refractivity contribution < 1.29 is 33.5 Å². The first-order valence-electron chi connectivity index (χ1n) is 22.9. The van der Waals surface area contributed by atoms with E-state index in [1.807, 2.05) is 18.3 Å². The summed E-state index contributed by atoms with van der Waals surface area (Å²) in [6.07, 6.45) is 13.7. The van der Waals surface area contributed by atoms with Crippen LogP contribution in [0.1, 0.15) is 127 Å². The molecule has 0 radical (unpaired) electrons. The van der Waals surface area contributed by atoms with Gasteiger partial charge in [-0.1, -0.05) is 44.6 Å². The number of nitrogens with one attached hydrogen (secondary N) is 3. The number of piperazine rings is 1. The molecule has 3 fully saturated rings. The van der Waals surface area contributed by atoms with Crippen molar-refractivity contribution in [2.24, 2.45) is 0 Å². The van der Waals surface area contributed by atoms with Crippen molar-refractivity contribution in [1.82, 2.24) is 40.0 Å². The number of Topliss-reactive ketones (excluding diaryl/α,β-unsaturated/α-hetero) is 1. The molecule has 1 unspecified atom stereocenters. The lowest BCUT2D eigenvalue weighted by molar-refractivity contribution is -0.136. The van der Waals surface area contributed by atoms with Crippen LogP contribution in [0.15, 0.2) is 47.5 Å². The van der Waals surface area contributed by atoms with Crippen molar-refractivity contribution >= 4 is 63.8 Å². The van der Waals surface area contributed by atoms with E-state index in [-0.39, 0.29) is 65.2 Å². The van der Waals surface area contributed by atoms with E-state index in [4.69, 9.17) is 9.72 Å². The summed E-state index contributed by atoms with van der Waals surface area (Å²) in [7, 11) is 0. The Morgan fingerprint density at radius 2 is 1.62 bits per heavy atom. The van der Waals surface area contributed by atoms with Crippen LogP contribution in [0.2, 0.25) is 0 Å². The van der Waals surface area contributed by atoms with Crippen LogP contribution in [0.4, 0.5) is 17.5 Å². The zero-order chi connectivity index (χ0) is 45.6. The highest BCUT2D eigenvalue weighted by molar-refractivity contribution is 6.24. The van der Waals surface area contributed by atoms with Gasteiger partial charge in [-0.2, -0.15) is 4.98 Å². The van der Waals surface area contributed by atoms with Crippen molar-refractivity contribution in [2.45, 2.75) is 103 Å². The summed E-state index contributed by atoms with van der Waals surface area (Å²) in [4.78, 5) is 108. The zero-order valence-corrected chi connectivity index (χ0v) is 37.0.